The van der Waals surface area contributed by atoms with Gasteiger partial charge in [-0.2, -0.15) is 4.98 Å². The molecule has 0 spiro atoms. The molecule has 0 aliphatic carbocycles. The van der Waals surface area contributed by atoms with Crippen molar-refractivity contribution in [1.82, 2.24) is 14.9 Å². The van der Waals surface area contributed by atoms with E-state index in [1.54, 1.807) is 0 Å². The molecule has 0 amide bonds. The van der Waals surface area contributed by atoms with Gasteiger partial charge in [0.25, 0.3) is 0 Å². The Labute approximate surface area is 133 Å². The molecule has 0 atom stereocenters. The smallest absolute Gasteiger partial charge is 0.232 e. The Morgan fingerprint density at radius 1 is 1.09 bits per heavy atom. The molecule has 1 heterocycles. The molecule has 0 saturated heterocycles. The van der Waals surface area contributed by atoms with Crippen molar-refractivity contribution in [2.45, 2.75) is 13.8 Å². The minimum atomic E-state index is 0.737. The first-order chi connectivity index (χ1) is 10.6. The number of nitrogens with zero attached hydrogens (tertiary/aromatic N) is 4. The molecule has 1 aromatic carbocycles. The lowest BCUT2D eigenvalue weighted by Gasteiger charge is -2.22. The van der Waals surface area contributed by atoms with Gasteiger partial charge in [0.05, 0.1) is 0 Å². The number of aromatic nitrogens is 2. The summed E-state index contributed by atoms with van der Waals surface area (Å²) in [7, 11) is 4.12. The largest absolute Gasteiger partial charge is 0.369 e. The number of likely N-dealkylation sites (N-methyl/N-ethyl adjacent to an activating group) is 1. The van der Waals surface area contributed by atoms with Crippen LogP contribution >= 0.6 is 0 Å². The van der Waals surface area contributed by atoms with Crippen molar-refractivity contribution in [3.8, 4) is 0 Å². The summed E-state index contributed by atoms with van der Waals surface area (Å²) in [5.41, 5.74) is 2.07. The van der Waals surface area contributed by atoms with Gasteiger partial charge in [-0.05, 0) is 40.1 Å². The van der Waals surface area contributed by atoms with Crippen LogP contribution in [0.4, 0.5) is 17.5 Å². The van der Waals surface area contributed by atoms with E-state index < -0.39 is 0 Å². The molecule has 0 aliphatic heterocycles. The molecule has 22 heavy (non-hydrogen) atoms. The molecule has 0 fully saturated rings. The number of aryl methyl sites for hydroxylation is 1. The maximum absolute atomic E-state index is 4.66. The average Bonchev–Trinajstić information content (AvgIpc) is 2.48. The summed E-state index contributed by atoms with van der Waals surface area (Å²) in [6.07, 6.45) is 0. The minimum Gasteiger partial charge on any atom is -0.369 e. The monoisotopic (exact) mass is 299 g/mol. The zero-order valence-electron chi connectivity index (χ0n) is 13.9. The summed E-state index contributed by atoms with van der Waals surface area (Å²) < 4.78 is 0. The van der Waals surface area contributed by atoms with E-state index in [9.17, 15) is 0 Å². The van der Waals surface area contributed by atoms with Crippen molar-refractivity contribution >= 4 is 17.5 Å². The first-order valence-electron chi connectivity index (χ1n) is 7.67. The molecule has 5 nitrogen and oxygen atoms in total. The van der Waals surface area contributed by atoms with E-state index >= 15 is 0 Å². The Balaban J connectivity index is 2.20. The molecule has 0 aliphatic rings. The third-order valence-electron chi connectivity index (χ3n) is 3.33. The number of rotatable bonds is 7. The van der Waals surface area contributed by atoms with Crippen LogP contribution in [0.1, 0.15) is 12.6 Å². The number of hydrogen-bond donors (Lipinski definition) is 1. The number of benzene rings is 1. The van der Waals surface area contributed by atoms with Crippen LogP contribution in [0.25, 0.3) is 0 Å². The summed E-state index contributed by atoms with van der Waals surface area (Å²) in [4.78, 5) is 13.5. The number of hydrogen-bond acceptors (Lipinski definition) is 5. The Kier molecular flexibility index (Phi) is 5.72. The van der Waals surface area contributed by atoms with Crippen LogP contribution < -0.4 is 10.2 Å². The molecule has 1 N–H and O–H groups in total. The van der Waals surface area contributed by atoms with Gasteiger partial charge in [0, 0.05) is 37.1 Å². The number of para-hydroxylation sites is 1. The van der Waals surface area contributed by atoms with E-state index in [2.05, 4.69) is 58.2 Å². The van der Waals surface area contributed by atoms with Gasteiger partial charge in [-0.15, -0.1) is 0 Å². The predicted octanol–water partition coefficient (Wildman–Crippen LogP) is 2.92. The molecule has 0 saturated carbocycles. The second kappa shape index (κ2) is 7.75. The van der Waals surface area contributed by atoms with E-state index in [4.69, 9.17) is 0 Å². The quantitative estimate of drug-likeness (QED) is 0.851. The van der Waals surface area contributed by atoms with E-state index in [-0.39, 0.29) is 0 Å². The summed E-state index contributed by atoms with van der Waals surface area (Å²) in [6.45, 7) is 6.76. The number of anilines is 3. The summed E-state index contributed by atoms with van der Waals surface area (Å²) in [5.74, 6) is 1.61. The first kappa shape index (κ1) is 16.2. The zero-order chi connectivity index (χ0) is 15.9. The molecule has 2 aromatic rings. The van der Waals surface area contributed by atoms with Gasteiger partial charge in [-0.1, -0.05) is 18.2 Å². The maximum atomic E-state index is 4.66. The van der Waals surface area contributed by atoms with Gasteiger partial charge in [-0.25, -0.2) is 4.98 Å². The van der Waals surface area contributed by atoms with Crippen molar-refractivity contribution < 1.29 is 0 Å². The van der Waals surface area contributed by atoms with Crippen LogP contribution in [0, 0.1) is 6.92 Å². The summed E-state index contributed by atoms with van der Waals surface area (Å²) >= 11 is 0. The second-order valence-electron chi connectivity index (χ2n) is 5.50. The van der Waals surface area contributed by atoms with Crippen LogP contribution in [-0.4, -0.2) is 48.6 Å². The normalized spacial score (nSPS) is 10.8. The average molecular weight is 299 g/mol. The molecule has 118 valence electrons. The summed E-state index contributed by atoms with van der Waals surface area (Å²) in [6, 6.07) is 12.2. The van der Waals surface area contributed by atoms with Crippen molar-refractivity contribution in [1.29, 1.82) is 0 Å². The Morgan fingerprint density at radius 2 is 1.82 bits per heavy atom. The third-order valence-corrected chi connectivity index (χ3v) is 3.33. The Bertz CT molecular complexity index is 583. The standard InChI is InChI=1S/C17H25N5/c1-5-22(15-9-7-6-8-10-15)17-19-14(2)13-16(20-17)18-11-12-21(3)4/h6-10,13H,5,11-12H2,1-4H3,(H,18,19,20). The van der Waals surface area contributed by atoms with Gasteiger partial charge in [0.1, 0.15) is 5.82 Å². The van der Waals surface area contributed by atoms with Crippen LogP contribution in [0.3, 0.4) is 0 Å². The fourth-order valence-electron chi connectivity index (χ4n) is 2.22. The Hall–Kier alpha value is -2.14. The highest BCUT2D eigenvalue weighted by atomic mass is 15.3. The minimum absolute atomic E-state index is 0.737. The van der Waals surface area contributed by atoms with E-state index in [1.165, 1.54) is 0 Å². The fraction of sp³-hybridized carbons (Fsp3) is 0.412. The van der Waals surface area contributed by atoms with E-state index in [1.807, 2.05) is 31.2 Å². The molecular weight excluding hydrogens is 274 g/mol. The van der Waals surface area contributed by atoms with Gasteiger partial charge >= 0.3 is 0 Å². The zero-order valence-corrected chi connectivity index (χ0v) is 13.9. The van der Waals surface area contributed by atoms with Crippen LogP contribution in [0.5, 0.6) is 0 Å². The highest BCUT2D eigenvalue weighted by Gasteiger charge is 2.11. The fourth-order valence-corrected chi connectivity index (χ4v) is 2.22. The van der Waals surface area contributed by atoms with Gasteiger partial charge < -0.3 is 15.1 Å². The van der Waals surface area contributed by atoms with Crippen LogP contribution in [-0.2, 0) is 0 Å². The van der Waals surface area contributed by atoms with Crippen LogP contribution in [0.2, 0.25) is 0 Å². The summed E-state index contributed by atoms with van der Waals surface area (Å²) in [5, 5.41) is 3.37. The van der Waals surface area contributed by atoms with E-state index in [0.717, 1.165) is 42.8 Å². The van der Waals surface area contributed by atoms with Crippen molar-refractivity contribution in [3.63, 3.8) is 0 Å². The number of nitrogens with one attached hydrogen (secondary N) is 1. The van der Waals surface area contributed by atoms with Crippen LogP contribution in [0.15, 0.2) is 36.4 Å². The first-order valence-corrected chi connectivity index (χ1v) is 7.67. The second-order valence-corrected chi connectivity index (χ2v) is 5.50. The molecule has 0 radical (unpaired) electrons. The van der Waals surface area contributed by atoms with Crippen molar-refractivity contribution in [2.75, 3.05) is 43.9 Å². The molecule has 1 aromatic heterocycles. The van der Waals surface area contributed by atoms with Gasteiger partial charge in [0.2, 0.25) is 5.95 Å². The topological polar surface area (TPSA) is 44.3 Å². The SMILES string of the molecule is CCN(c1ccccc1)c1nc(C)cc(NCCN(C)C)n1. The molecule has 5 heteroatoms. The maximum Gasteiger partial charge on any atom is 0.232 e. The highest BCUT2D eigenvalue weighted by Crippen LogP contribution is 2.22. The van der Waals surface area contributed by atoms with Crippen molar-refractivity contribution in [3.05, 3.63) is 42.1 Å². The third kappa shape index (κ3) is 4.43. The predicted molar refractivity (Wildman–Crippen MR) is 92.9 cm³/mol. The molecule has 0 bridgehead atoms. The highest BCUT2D eigenvalue weighted by molar-refractivity contribution is 5.58. The van der Waals surface area contributed by atoms with Crippen molar-refractivity contribution in [2.24, 2.45) is 0 Å². The van der Waals surface area contributed by atoms with Gasteiger partial charge in [-0.3, -0.25) is 0 Å². The molecular formula is C17H25N5. The Morgan fingerprint density at radius 3 is 2.45 bits per heavy atom. The van der Waals surface area contributed by atoms with Gasteiger partial charge in [0.15, 0.2) is 0 Å². The molecule has 2 rings (SSSR count). The molecule has 0 unspecified atom stereocenters. The lowest BCUT2D eigenvalue weighted by atomic mass is 10.3. The lowest BCUT2D eigenvalue weighted by molar-refractivity contribution is 0.425. The van der Waals surface area contributed by atoms with E-state index in [0.29, 0.717) is 0 Å². The lowest BCUT2D eigenvalue weighted by Crippen LogP contribution is -2.22.